The highest BCUT2D eigenvalue weighted by molar-refractivity contribution is 5.49. The minimum Gasteiger partial charge on any atom is -0.496 e. The summed E-state index contributed by atoms with van der Waals surface area (Å²) in [6.07, 6.45) is 2.48. The first-order valence-corrected chi connectivity index (χ1v) is 5.94. The molecule has 0 amide bonds. The van der Waals surface area contributed by atoms with Crippen molar-refractivity contribution in [2.45, 2.75) is 25.8 Å². The third kappa shape index (κ3) is 4.19. The van der Waals surface area contributed by atoms with Gasteiger partial charge in [-0.15, -0.1) is 0 Å². The van der Waals surface area contributed by atoms with E-state index < -0.39 is 0 Å². The van der Waals surface area contributed by atoms with Crippen LogP contribution in [0.4, 0.5) is 0 Å². The number of hydrogen-bond acceptors (Lipinski definition) is 3. The number of aldehydes is 1. The first kappa shape index (κ1) is 13.7. The van der Waals surface area contributed by atoms with E-state index in [1.54, 1.807) is 7.11 Å². The van der Waals surface area contributed by atoms with Gasteiger partial charge in [0.25, 0.3) is 0 Å². The van der Waals surface area contributed by atoms with Crippen molar-refractivity contribution in [1.29, 1.82) is 0 Å². The Morgan fingerprint density at radius 1 is 1.41 bits per heavy atom. The van der Waals surface area contributed by atoms with Gasteiger partial charge in [0.2, 0.25) is 0 Å². The normalized spacial score (nSPS) is 12.5. The second kappa shape index (κ2) is 7.07. The zero-order valence-electron chi connectivity index (χ0n) is 10.8. The van der Waals surface area contributed by atoms with Gasteiger partial charge in [-0.2, -0.15) is 0 Å². The number of likely N-dealkylation sites (N-methyl/N-ethyl adjacent to an activating group) is 1. The molecule has 1 atom stereocenters. The first-order valence-electron chi connectivity index (χ1n) is 5.94. The zero-order valence-corrected chi connectivity index (χ0v) is 10.8. The van der Waals surface area contributed by atoms with Gasteiger partial charge in [0.05, 0.1) is 7.11 Å². The van der Waals surface area contributed by atoms with Crippen molar-refractivity contribution in [3.63, 3.8) is 0 Å². The average Bonchev–Trinajstić information content (AvgIpc) is 2.36. The highest BCUT2D eigenvalue weighted by atomic mass is 16.5. The van der Waals surface area contributed by atoms with Crippen molar-refractivity contribution in [2.75, 3.05) is 20.7 Å². The summed E-state index contributed by atoms with van der Waals surface area (Å²) in [5.74, 6) is 0.933. The number of nitrogens with zero attached hydrogens (tertiary/aromatic N) is 1. The molecule has 0 aromatic heterocycles. The second-order valence-electron chi connectivity index (χ2n) is 4.30. The minimum absolute atomic E-state index is 0.395. The van der Waals surface area contributed by atoms with E-state index in [-0.39, 0.29) is 0 Å². The number of para-hydroxylation sites is 1. The van der Waals surface area contributed by atoms with Crippen LogP contribution in [0.3, 0.4) is 0 Å². The summed E-state index contributed by atoms with van der Waals surface area (Å²) in [7, 11) is 3.74. The second-order valence-corrected chi connectivity index (χ2v) is 4.30. The van der Waals surface area contributed by atoms with Crippen LogP contribution in [0.1, 0.15) is 18.9 Å². The highest BCUT2D eigenvalue weighted by Crippen LogP contribution is 2.20. The lowest BCUT2D eigenvalue weighted by Gasteiger charge is -2.24. The fourth-order valence-corrected chi connectivity index (χ4v) is 1.82. The summed E-state index contributed by atoms with van der Waals surface area (Å²) in [6, 6.07) is 8.46. The molecule has 1 aromatic carbocycles. The molecule has 17 heavy (non-hydrogen) atoms. The Kier molecular flexibility index (Phi) is 5.70. The van der Waals surface area contributed by atoms with E-state index in [0.29, 0.717) is 12.5 Å². The quantitative estimate of drug-likeness (QED) is 0.678. The van der Waals surface area contributed by atoms with Crippen molar-refractivity contribution in [2.24, 2.45) is 0 Å². The maximum Gasteiger partial charge on any atom is 0.122 e. The molecule has 0 bridgehead atoms. The molecule has 0 aliphatic heterocycles. The van der Waals surface area contributed by atoms with Gasteiger partial charge < -0.3 is 14.4 Å². The Bertz CT molecular complexity index is 352. The summed E-state index contributed by atoms with van der Waals surface area (Å²) < 4.78 is 5.33. The molecule has 0 heterocycles. The van der Waals surface area contributed by atoms with Gasteiger partial charge in [0, 0.05) is 19.0 Å². The molecule has 0 saturated carbocycles. The van der Waals surface area contributed by atoms with Crippen molar-refractivity contribution in [1.82, 2.24) is 4.90 Å². The molecular formula is C14H21NO2. The predicted octanol–water partition coefficient (Wildman–Crippen LogP) is 2.15. The molecular weight excluding hydrogens is 214 g/mol. The Morgan fingerprint density at radius 3 is 2.76 bits per heavy atom. The van der Waals surface area contributed by atoms with Crippen LogP contribution in [-0.4, -0.2) is 37.9 Å². The molecule has 0 N–H and O–H groups in total. The minimum atomic E-state index is 0.395. The summed E-state index contributed by atoms with van der Waals surface area (Å²) in [5.41, 5.74) is 1.21. The Balaban J connectivity index is 2.60. The molecule has 1 rings (SSSR count). The van der Waals surface area contributed by atoms with E-state index in [0.717, 1.165) is 25.0 Å². The maximum absolute atomic E-state index is 10.3. The standard InChI is InChI=1S/C14H21NO2/c1-12(15(2)9-6-10-16)11-13-7-4-5-8-14(13)17-3/h4-5,7-8,10,12H,6,9,11H2,1-3H3. The van der Waals surface area contributed by atoms with Crippen LogP contribution < -0.4 is 4.74 Å². The van der Waals surface area contributed by atoms with E-state index >= 15 is 0 Å². The monoisotopic (exact) mass is 235 g/mol. The van der Waals surface area contributed by atoms with Crippen LogP contribution in [0, 0.1) is 0 Å². The number of benzene rings is 1. The maximum atomic E-state index is 10.3. The lowest BCUT2D eigenvalue weighted by atomic mass is 10.1. The predicted molar refractivity (Wildman–Crippen MR) is 69.5 cm³/mol. The fraction of sp³-hybridized carbons (Fsp3) is 0.500. The number of carbonyl (C=O) groups excluding carboxylic acids is 1. The van der Waals surface area contributed by atoms with Gasteiger partial charge in [0.15, 0.2) is 0 Å². The van der Waals surface area contributed by atoms with Crippen LogP contribution in [-0.2, 0) is 11.2 Å². The summed E-state index contributed by atoms with van der Waals surface area (Å²) in [5, 5.41) is 0. The van der Waals surface area contributed by atoms with Gasteiger partial charge >= 0.3 is 0 Å². The topological polar surface area (TPSA) is 29.5 Å². The number of hydrogen-bond donors (Lipinski definition) is 0. The molecule has 0 spiro atoms. The van der Waals surface area contributed by atoms with E-state index in [2.05, 4.69) is 17.9 Å². The summed E-state index contributed by atoms with van der Waals surface area (Å²) in [6.45, 7) is 2.97. The summed E-state index contributed by atoms with van der Waals surface area (Å²) in [4.78, 5) is 12.5. The Hall–Kier alpha value is -1.35. The number of ether oxygens (including phenoxy) is 1. The molecule has 94 valence electrons. The highest BCUT2D eigenvalue weighted by Gasteiger charge is 2.11. The lowest BCUT2D eigenvalue weighted by Crippen LogP contribution is -2.32. The number of methoxy groups -OCH3 is 1. The van der Waals surface area contributed by atoms with E-state index in [1.165, 1.54) is 5.56 Å². The van der Waals surface area contributed by atoms with E-state index in [1.807, 2.05) is 25.2 Å². The molecule has 3 heteroatoms. The number of rotatable bonds is 7. The molecule has 3 nitrogen and oxygen atoms in total. The van der Waals surface area contributed by atoms with Gasteiger partial charge in [-0.25, -0.2) is 0 Å². The fourth-order valence-electron chi connectivity index (χ4n) is 1.82. The molecule has 0 aliphatic rings. The molecule has 0 aliphatic carbocycles. The molecule has 0 radical (unpaired) electrons. The third-order valence-electron chi connectivity index (χ3n) is 3.06. The van der Waals surface area contributed by atoms with Crippen molar-refractivity contribution >= 4 is 6.29 Å². The van der Waals surface area contributed by atoms with Crippen molar-refractivity contribution in [3.05, 3.63) is 29.8 Å². The summed E-state index contributed by atoms with van der Waals surface area (Å²) >= 11 is 0. The van der Waals surface area contributed by atoms with Crippen molar-refractivity contribution < 1.29 is 9.53 Å². The van der Waals surface area contributed by atoms with Gasteiger partial charge in [0.1, 0.15) is 12.0 Å². The van der Waals surface area contributed by atoms with Crippen LogP contribution in [0.5, 0.6) is 5.75 Å². The average molecular weight is 235 g/mol. The van der Waals surface area contributed by atoms with E-state index in [4.69, 9.17) is 4.74 Å². The van der Waals surface area contributed by atoms with Crippen LogP contribution >= 0.6 is 0 Å². The smallest absolute Gasteiger partial charge is 0.122 e. The number of carbonyl (C=O) groups is 1. The first-order chi connectivity index (χ1) is 8.19. The third-order valence-corrected chi connectivity index (χ3v) is 3.06. The Labute approximate surface area is 103 Å². The zero-order chi connectivity index (χ0) is 12.7. The van der Waals surface area contributed by atoms with Gasteiger partial charge in [-0.1, -0.05) is 18.2 Å². The molecule has 0 fully saturated rings. The van der Waals surface area contributed by atoms with Gasteiger partial charge in [-0.05, 0) is 32.0 Å². The molecule has 1 unspecified atom stereocenters. The lowest BCUT2D eigenvalue weighted by molar-refractivity contribution is -0.108. The van der Waals surface area contributed by atoms with E-state index in [9.17, 15) is 4.79 Å². The van der Waals surface area contributed by atoms with Crippen LogP contribution in [0.2, 0.25) is 0 Å². The van der Waals surface area contributed by atoms with Gasteiger partial charge in [-0.3, -0.25) is 0 Å². The van der Waals surface area contributed by atoms with Crippen LogP contribution in [0.15, 0.2) is 24.3 Å². The van der Waals surface area contributed by atoms with Crippen LogP contribution in [0.25, 0.3) is 0 Å². The Morgan fingerprint density at radius 2 is 2.12 bits per heavy atom. The van der Waals surface area contributed by atoms with Crippen molar-refractivity contribution in [3.8, 4) is 5.75 Å². The molecule has 0 saturated heterocycles. The SMILES string of the molecule is COc1ccccc1CC(C)N(C)CCC=O. The molecule has 1 aromatic rings. The largest absolute Gasteiger partial charge is 0.496 e.